The monoisotopic (exact) mass is 293 g/mol. The van der Waals surface area contributed by atoms with Gasteiger partial charge in [-0.15, -0.1) is 6.58 Å². The van der Waals surface area contributed by atoms with Gasteiger partial charge in [0, 0.05) is 0 Å². The number of aliphatic hydroxyl groups is 3. The van der Waals surface area contributed by atoms with Crippen LogP contribution in [0, 0.1) is 0 Å². The molecule has 0 amide bonds. The van der Waals surface area contributed by atoms with Crippen LogP contribution in [0.4, 0.5) is 5.82 Å². The second-order valence-corrected chi connectivity index (χ2v) is 4.82. The molecule has 0 radical (unpaired) electrons. The Hall–Kier alpha value is -2.07. The molecule has 0 saturated carbocycles. The van der Waals surface area contributed by atoms with Gasteiger partial charge >= 0.3 is 0 Å². The van der Waals surface area contributed by atoms with Gasteiger partial charge in [-0.1, -0.05) is 6.08 Å². The van der Waals surface area contributed by atoms with Gasteiger partial charge < -0.3 is 25.8 Å². The van der Waals surface area contributed by atoms with Crippen molar-refractivity contribution in [2.45, 2.75) is 24.0 Å². The number of hydrogen-bond donors (Lipinski definition) is 4. The second-order valence-electron chi connectivity index (χ2n) is 4.82. The molecule has 0 spiro atoms. The lowest BCUT2D eigenvalue weighted by molar-refractivity contribution is -0.0642. The third-order valence-corrected chi connectivity index (χ3v) is 3.72. The number of ether oxygens (including phenoxy) is 1. The van der Waals surface area contributed by atoms with Crippen LogP contribution in [-0.4, -0.2) is 59.3 Å². The molecule has 0 unspecified atom stereocenters. The number of fused-ring (bicyclic) bond motifs is 1. The zero-order chi connectivity index (χ0) is 15.2. The summed E-state index contributed by atoms with van der Waals surface area (Å²) in [5, 5.41) is 30.0. The highest BCUT2D eigenvalue weighted by molar-refractivity contribution is 5.81. The number of nitrogen functional groups attached to an aromatic ring is 1. The van der Waals surface area contributed by atoms with Crippen LogP contribution in [-0.2, 0) is 4.74 Å². The molecule has 1 fully saturated rings. The summed E-state index contributed by atoms with van der Waals surface area (Å²) in [4.78, 5) is 12.0. The molecule has 2 aromatic heterocycles. The van der Waals surface area contributed by atoms with Crippen LogP contribution in [0.25, 0.3) is 11.2 Å². The molecule has 0 aliphatic carbocycles. The van der Waals surface area contributed by atoms with Gasteiger partial charge in [0.2, 0.25) is 0 Å². The Kier molecular flexibility index (Phi) is 3.14. The first kappa shape index (κ1) is 13.9. The molecule has 0 bridgehead atoms. The third kappa shape index (κ3) is 1.83. The zero-order valence-electron chi connectivity index (χ0n) is 11.0. The maximum absolute atomic E-state index is 10.4. The van der Waals surface area contributed by atoms with E-state index in [1.807, 2.05) is 0 Å². The molecule has 3 rings (SSSR count). The number of hydrogen-bond acceptors (Lipinski definition) is 8. The minimum atomic E-state index is -1.77. The summed E-state index contributed by atoms with van der Waals surface area (Å²) in [7, 11) is 0. The number of nitrogens with zero attached hydrogens (tertiary/aromatic N) is 4. The van der Waals surface area contributed by atoms with Gasteiger partial charge in [0.1, 0.15) is 29.7 Å². The first-order valence-electron chi connectivity index (χ1n) is 6.26. The van der Waals surface area contributed by atoms with Crippen molar-refractivity contribution in [1.29, 1.82) is 0 Å². The lowest BCUT2D eigenvalue weighted by atomic mass is 9.92. The molecule has 3 heterocycles. The molecule has 9 heteroatoms. The number of imidazole rings is 1. The van der Waals surface area contributed by atoms with Crippen LogP contribution in [0.3, 0.4) is 0 Å². The van der Waals surface area contributed by atoms with E-state index in [4.69, 9.17) is 10.5 Å². The van der Waals surface area contributed by atoms with Crippen LogP contribution >= 0.6 is 0 Å². The quantitative estimate of drug-likeness (QED) is 0.505. The van der Waals surface area contributed by atoms with E-state index in [-0.39, 0.29) is 5.82 Å². The fourth-order valence-electron chi connectivity index (χ4n) is 2.49. The Balaban J connectivity index is 2.08. The minimum absolute atomic E-state index is 0.198. The highest BCUT2D eigenvalue weighted by atomic mass is 16.6. The molecule has 112 valence electrons. The van der Waals surface area contributed by atoms with Crippen molar-refractivity contribution in [2.75, 3.05) is 12.3 Å². The van der Waals surface area contributed by atoms with E-state index in [0.29, 0.717) is 11.2 Å². The summed E-state index contributed by atoms with van der Waals surface area (Å²) in [5.41, 5.74) is 4.65. The maximum Gasteiger partial charge on any atom is 0.167 e. The minimum Gasteiger partial charge on any atom is -0.394 e. The summed E-state index contributed by atoms with van der Waals surface area (Å²) in [5.74, 6) is 0.198. The fourth-order valence-corrected chi connectivity index (χ4v) is 2.49. The van der Waals surface area contributed by atoms with Gasteiger partial charge in [0.05, 0.1) is 12.9 Å². The Bertz CT molecular complexity index is 689. The smallest absolute Gasteiger partial charge is 0.167 e. The van der Waals surface area contributed by atoms with Gasteiger partial charge in [-0.25, -0.2) is 15.0 Å². The van der Waals surface area contributed by atoms with Crippen molar-refractivity contribution in [3.63, 3.8) is 0 Å². The maximum atomic E-state index is 10.4. The molecule has 1 saturated heterocycles. The number of aromatic nitrogens is 4. The Labute approximate surface area is 119 Å². The molecule has 21 heavy (non-hydrogen) atoms. The predicted octanol–water partition coefficient (Wildman–Crippen LogP) is -1.42. The van der Waals surface area contributed by atoms with Crippen molar-refractivity contribution in [1.82, 2.24) is 19.5 Å². The summed E-state index contributed by atoms with van der Waals surface area (Å²) in [6.45, 7) is 3.01. The highest BCUT2D eigenvalue weighted by Gasteiger charge is 2.54. The first-order valence-corrected chi connectivity index (χ1v) is 6.26. The number of nitrogens with two attached hydrogens (primary N) is 1. The van der Waals surface area contributed by atoms with Crippen molar-refractivity contribution >= 4 is 17.0 Å². The number of aliphatic hydroxyl groups excluding tert-OH is 2. The van der Waals surface area contributed by atoms with Crippen LogP contribution in [0.2, 0.25) is 0 Å². The SMILES string of the molecule is C=C[C@]1(O)[C@@H](CO)O[C@@H](n2cnc3c(N)ncnc32)[C@@H]1O. The van der Waals surface area contributed by atoms with Crippen LogP contribution in [0.1, 0.15) is 6.23 Å². The van der Waals surface area contributed by atoms with E-state index in [1.54, 1.807) is 0 Å². The van der Waals surface area contributed by atoms with E-state index in [1.165, 1.54) is 17.2 Å². The Morgan fingerprint density at radius 2 is 2.24 bits per heavy atom. The summed E-state index contributed by atoms with van der Waals surface area (Å²) >= 11 is 0. The van der Waals surface area contributed by atoms with E-state index in [2.05, 4.69) is 21.5 Å². The van der Waals surface area contributed by atoms with Gasteiger partial charge in [0.15, 0.2) is 17.7 Å². The van der Waals surface area contributed by atoms with Gasteiger partial charge in [-0.05, 0) is 0 Å². The highest BCUT2D eigenvalue weighted by Crippen LogP contribution is 2.39. The molecule has 5 N–H and O–H groups in total. The molecule has 9 nitrogen and oxygen atoms in total. The average molecular weight is 293 g/mol. The van der Waals surface area contributed by atoms with Gasteiger partial charge in [-0.2, -0.15) is 0 Å². The molecular formula is C12H15N5O4. The van der Waals surface area contributed by atoms with Gasteiger partial charge in [-0.3, -0.25) is 4.57 Å². The Morgan fingerprint density at radius 1 is 1.48 bits per heavy atom. The van der Waals surface area contributed by atoms with E-state index < -0.39 is 30.6 Å². The molecular weight excluding hydrogens is 278 g/mol. The summed E-state index contributed by atoms with van der Waals surface area (Å²) < 4.78 is 6.95. The predicted molar refractivity (Wildman–Crippen MR) is 71.9 cm³/mol. The standard InChI is InChI=1S/C12H15N5O4/c1-2-12(20)6(3-18)21-11(8(12)19)17-5-16-7-9(13)14-4-15-10(7)17/h2,4-6,8,11,18-20H,1,3H2,(H2,13,14,15)/t6-,8+,11-,12+/m1/s1. The molecule has 1 aliphatic heterocycles. The normalized spacial score (nSPS) is 32.6. The summed E-state index contributed by atoms with van der Waals surface area (Å²) in [6.07, 6.45) is 0.464. The van der Waals surface area contributed by atoms with E-state index in [0.717, 1.165) is 6.08 Å². The number of anilines is 1. The van der Waals surface area contributed by atoms with Crippen molar-refractivity contribution in [3.05, 3.63) is 25.3 Å². The molecule has 0 aromatic carbocycles. The molecule has 2 aromatic rings. The lowest BCUT2D eigenvalue weighted by Gasteiger charge is -2.26. The second kappa shape index (κ2) is 4.74. The molecule has 1 aliphatic rings. The van der Waals surface area contributed by atoms with Crippen molar-refractivity contribution in [2.24, 2.45) is 0 Å². The number of rotatable bonds is 3. The van der Waals surface area contributed by atoms with Gasteiger partial charge in [0.25, 0.3) is 0 Å². The van der Waals surface area contributed by atoms with Crippen LogP contribution in [0.5, 0.6) is 0 Å². The summed E-state index contributed by atoms with van der Waals surface area (Å²) in [6, 6.07) is 0. The average Bonchev–Trinajstić information content (AvgIpc) is 3.01. The van der Waals surface area contributed by atoms with E-state index >= 15 is 0 Å². The largest absolute Gasteiger partial charge is 0.394 e. The lowest BCUT2D eigenvalue weighted by Crippen LogP contribution is -2.47. The molecule has 4 atom stereocenters. The van der Waals surface area contributed by atoms with Crippen molar-refractivity contribution in [3.8, 4) is 0 Å². The third-order valence-electron chi connectivity index (χ3n) is 3.72. The fraction of sp³-hybridized carbons (Fsp3) is 0.417. The Morgan fingerprint density at radius 3 is 2.86 bits per heavy atom. The van der Waals surface area contributed by atoms with E-state index in [9.17, 15) is 15.3 Å². The van der Waals surface area contributed by atoms with Crippen LogP contribution in [0.15, 0.2) is 25.3 Å². The zero-order valence-corrected chi connectivity index (χ0v) is 11.0. The van der Waals surface area contributed by atoms with Crippen LogP contribution < -0.4 is 5.73 Å². The first-order chi connectivity index (χ1) is 10.0. The topological polar surface area (TPSA) is 140 Å². The van der Waals surface area contributed by atoms with Crippen molar-refractivity contribution < 1.29 is 20.1 Å².